The molecule has 1 heterocycles. The summed E-state index contributed by atoms with van der Waals surface area (Å²) in [6.07, 6.45) is 9.48. The molecule has 1 saturated carbocycles. The highest BCUT2D eigenvalue weighted by atomic mass is 16.6. The van der Waals surface area contributed by atoms with Crippen molar-refractivity contribution < 1.29 is 9.47 Å². The first-order valence-corrected chi connectivity index (χ1v) is 7.31. The zero-order chi connectivity index (χ0) is 12.0. The van der Waals surface area contributed by atoms with Gasteiger partial charge in [-0.3, -0.25) is 0 Å². The van der Waals surface area contributed by atoms with Crippen molar-refractivity contribution in [3.8, 4) is 0 Å². The smallest absolute Gasteiger partial charge is 0.0817 e. The van der Waals surface area contributed by atoms with Gasteiger partial charge >= 0.3 is 0 Å². The monoisotopic (exact) mass is 241 g/mol. The molecule has 3 heteroatoms. The summed E-state index contributed by atoms with van der Waals surface area (Å²) in [7, 11) is 0. The highest BCUT2D eigenvalue weighted by molar-refractivity contribution is 4.91. The van der Waals surface area contributed by atoms with Gasteiger partial charge in [-0.1, -0.05) is 26.2 Å². The Morgan fingerprint density at radius 3 is 2.82 bits per heavy atom. The van der Waals surface area contributed by atoms with Crippen molar-refractivity contribution in [3.05, 3.63) is 0 Å². The first-order chi connectivity index (χ1) is 8.35. The molecule has 0 amide bonds. The lowest BCUT2D eigenvalue weighted by Crippen LogP contribution is -2.32. The van der Waals surface area contributed by atoms with E-state index in [1.165, 1.54) is 44.9 Å². The van der Waals surface area contributed by atoms with Crippen LogP contribution in [-0.2, 0) is 9.47 Å². The lowest BCUT2D eigenvalue weighted by Gasteiger charge is -2.33. The van der Waals surface area contributed by atoms with Gasteiger partial charge in [0.15, 0.2) is 0 Å². The van der Waals surface area contributed by atoms with Crippen LogP contribution in [-0.4, -0.2) is 38.0 Å². The van der Waals surface area contributed by atoms with Crippen LogP contribution in [0.1, 0.15) is 51.9 Å². The maximum atomic E-state index is 6.25. The predicted octanol–water partition coefficient (Wildman–Crippen LogP) is 2.49. The number of ether oxygens (including phenoxy) is 2. The van der Waals surface area contributed by atoms with Crippen molar-refractivity contribution >= 4 is 0 Å². The van der Waals surface area contributed by atoms with Gasteiger partial charge in [-0.25, -0.2) is 0 Å². The minimum atomic E-state index is 0.244. The molecular weight excluding hydrogens is 214 g/mol. The molecule has 0 radical (unpaired) electrons. The van der Waals surface area contributed by atoms with Crippen LogP contribution in [0.3, 0.4) is 0 Å². The molecule has 17 heavy (non-hydrogen) atoms. The third-order valence-corrected chi connectivity index (χ3v) is 4.08. The summed E-state index contributed by atoms with van der Waals surface area (Å²) in [4.78, 5) is 0. The molecule has 100 valence electrons. The summed E-state index contributed by atoms with van der Waals surface area (Å²) >= 11 is 0. The largest absolute Gasteiger partial charge is 0.377 e. The molecule has 1 saturated heterocycles. The minimum absolute atomic E-state index is 0.244. The average Bonchev–Trinajstić information content (AvgIpc) is 2.73. The van der Waals surface area contributed by atoms with Crippen LogP contribution in [0.2, 0.25) is 0 Å². The van der Waals surface area contributed by atoms with E-state index < -0.39 is 0 Å². The van der Waals surface area contributed by atoms with Crippen molar-refractivity contribution in [1.29, 1.82) is 0 Å². The fourth-order valence-corrected chi connectivity index (χ4v) is 3.11. The summed E-state index contributed by atoms with van der Waals surface area (Å²) in [5, 5.41) is 3.26. The predicted molar refractivity (Wildman–Crippen MR) is 69.3 cm³/mol. The maximum Gasteiger partial charge on any atom is 0.0817 e. The van der Waals surface area contributed by atoms with Gasteiger partial charge in [0, 0.05) is 6.54 Å². The second-order valence-electron chi connectivity index (χ2n) is 5.45. The lowest BCUT2D eigenvalue weighted by molar-refractivity contribution is -0.0875. The van der Waals surface area contributed by atoms with Gasteiger partial charge in [-0.05, 0) is 32.2 Å². The second-order valence-corrected chi connectivity index (χ2v) is 5.45. The number of hydrogen-bond acceptors (Lipinski definition) is 3. The SMILES string of the molecule is CCNCCOCC1CCC2(CCCCC2)O1. The van der Waals surface area contributed by atoms with Crippen LogP contribution < -0.4 is 5.32 Å². The third-order valence-electron chi connectivity index (χ3n) is 4.08. The highest BCUT2D eigenvalue weighted by Crippen LogP contribution is 2.41. The Bertz CT molecular complexity index is 214. The Morgan fingerprint density at radius 1 is 1.24 bits per heavy atom. The summed E-state index contributed by atoms with van der Waals surface area (Å²) in [6, 6.07) is 0. The van der Waals surface area contributed by atoms with E-state index in [-0.39, 0.29) is 5.60 Å². The lowest BCUT2D eigenvalue weighted by atomic mass is 9.83. The van der Waals surface area contributed by atoms with Crippen LogP contribution in [0.5, 0.6) is 0 Å². The summed E-state index contributed by atoms with van der Waals surface area (Å²) in [5.74, 6) is 0. The van der Waals surface area contributed by atoms with Crippen molar-refractivity contribution in [2.75, 3.05) is 26.3 Å². The first kappa shape index (κ1) is 13.3. The number of likely N-dealkylation sites (N-methyl/N-ethyl adjacent to an activating group) is 1. The summed E-state index contributed by atoms with van der Waals surface area (Å²) < 4.78 is 11.9. The normalized spacial score (nSPS) is 27.7. The molecule has 0 aromatic carbocycles. The zero-order valence-corrected chi connectivity index (χ0v) is 11.2. The van der Waals surface area contributed by atoms with Gasteiger partial charge in [0.05, 0.1) is 24.9 Å². The first-order valence-electron chi connectivity index (χ1n) is 7.31. The molecule has 2 fully saturated rings. The van der Waals surface area contributed by atoms with Crippen molar-refractivity contribution in [2.24, 2.45) is 0 Å². The molecule has 1 N–H and O–H groups in total. The molecule has 1 atom stereocenters. The van der Waals surface area contributed by atoms with E-state index >= 15 is 0 Å². The van der Waals surface area contributed by atoms with E-state index in [9.17, 15) is 0 Å². The molecule has 1 spiro atoms. The number of hydrogen-bond donors (Lipinski definition) is 1. The van der Waals surface area contributed by atoms with Gasteiger partial charge in [0.2, 0.25) is 0 Å². The Kier molecular flexibility index (Phi) is 5.26. The zero-order valence-electron chi connectivity index (χ0n) is 11.2. The molecule has 0 bridgehead atoms. The molecule has 2 aliphatic rings. The number of rotatable bonds is 6. The van der Waals surface area contributed by atoms with Crippen LogP contribution in [0, 0.1) is 0 Å². The maximum absolute atomic E-state index is 6.25. The highest BCUT2D eigenvalue weighted by Gasteiger charge is 2.40. The van der Waals surface area contributed by atoms with E-state index in [0.717, 1.165) is 26.3 Å². The molecule has 0 aromatic rings. The molecule has 1 aliphatic heterocycles. The van der Waals surface area contributed by atoms with Gasteiger partial charge in [0.25, 0.3) is 0 Å². The van der Waals surface area contributed by atoms with Crippen LogP contribution in [0.4, 0.5) is 0 Å². The summed E-state index contributed by atoms with van der Waals surface area (Å²) in [6.45, 7) is 5.68. The van der Waals surface area contributed by atoms with E-state index in [1.54, 1.807) is 0 Å². The Balaban J connectivity index is 1.60. The minimum Gasteiger partial charge on any atom is -0.377 e. The molecular formula is C14H27NO2. The topological polar surface area (TPSA) is 30.5 Å². The Labute approximate surface area is 105 Å². The van der Waals surface area contributed by atoms with E-state index in [2.05, 4.69) is 12.2 Å². The Morgan fingerprint density at radius 2 is 2.06 bits per heavy atom. The van der Waals surface area contributed by atoms with E-state index in [0.29, 0.717) is 6.10 Å². The quantitative estimate of drug-likeness (QED) is 0.725. The van der Waals surface area contributed by atoms with Crippen molar-refractivity contribution in [3.63, 3.8) is 0 Å². The van der Waals surface area contributed by atoms with Gasteiger partial charge in [-0.15, -0.1) is 0 Å². The molecule has 1 unspecified atom stereocenters. The van der Waals surface area contributed by atoms with Crippen molar-refractivity contribution in [1.82, 2.24) is 5.32 Å². The van der Waals surface area contributed by atoms with E-state index in [1.807, 2.05) is 0 Å². The summed E-state index contributed by atoms with van der Waals surface area (Å²) in [5.41, 5.74) is 0.244. The van der Waals surface area contributed by atoms with Gasteiger partial charge in [0.1, 0.15) is 0 Å². The number of nitrogens with one attached hydrogen (secondary N) is 1. The molecule has 1 aliphatic carbocycles. The third kappa shape index (κ3) is 3.94. The second kappa shape index (κ2) is 6.72. The van der Waals surface area contributed by atoms with Gasteiger partial charge in [-0.2, -0.15) is 0 Å². The van der Waals surface area contributed by atoms with Crippen LogP contribution >= 0.6 is 0 Å². The fourth-order valence-electron chi connectivity index (χ4n) is 3.11. The fraction of sp³-hybridized carbons (Fsp3) is 1.00. The molecule has 2 rings (SSSR count). The average molecular weight is 241 g/mol. The van der Waals surface area contributed by atoms with Crippen LogP contribution in [0.25, 0.3) is 0 Å². The Hall–Kier alpha value is -0.120. The van der Waals surface area contributed by atoms with E-state index in [4.69, 9.17) is 9.47 Å². The van der Waals surface area contributed by atoms with Crippen LogP contribution in [0.15, 0.2) is 0 Å². The standard InChI is InChI=1S/C14H27NO2/c1-2-15-10-11-16-12-13-6-9-14(17-13)7-4-3-5-8-14/h13,15H,2-12H2,1H3. The van der Waals surface area contributed by atoms with Crippen molar-refractivity contribution in [2.45, 2.75) is 63.6 Å². The van der Waals surface area contributed by atoms with Gasteiger partial charge < -0.3 is 14.8 Å². The molecule has 3 nitrogen and oxygen atoms in total. The molecule has 0 aromatic heterocycles.